The molecule has 0 saturated carbocycles. The van der Waals surface area contributed by atoms with Crippen molar-refractivity contribution in [3.8, 4) is 11.1 Å². The Morgan fingerprint density at radius 1 is 0.553 bits per heavy atom. The molecule has 0 radical (unpaired) electrons. The largest absolute Gasteiger partial charge is 0.284 e. The number of fused-ring (bicyclic) bond motifs is 5. The summed E-state index contributed by atoms with van der Waals surface area (Å²) in [6, 6.07) is 21.4. The first kappa shape index (κ1) is 22.9. The van der Waals surface area contributed by atoms with Crippen molar-refractivity contribution in [2.75, 3.05) is 0 Å². The zero-order valence-electron chi connectivity index (χ0n) is 19.4. The van der Waals surface area contributed by atoms with E-state index in [1.807, 2.05) is 48.5 Å². The molecule has 38 heavy (non-hydrogen) atoms. The summed E-state index contributed by atoms with van der Waals surface area (Å²) in [7, 11) is 0. The lowest BCUT2D eigenvalue weighted by atomic mass is 9.85. The summed E-state index contributed by atoms with van der Waals surface area (Å²) in [5, 5.41) is 44.1. The Labute approximate surface area is 213 Å². The average molecular weight is 505 g/mol. The molecule has 0 N–H and O–H groups in total. The van der Waals surface area contributed by atoms with Crippen LogP contribution in [0.1, 0.15) is 33.4 Å². The molecule has 4 aromatic carbocycles. The lowest BCUT2D eigenvalue weighted by Gasteiger charge is -2.20. The molecule has 0 aliphatic heterocycles. The van der Waals surface area contributed by atoms with Crippen LogP contribution >= 0.6 is 0 Å². The number of non-ortho nitro benzene ring substituents is 2. The Hall–Kier alpha value is -5.58. The average Bonchev–Trinajstić information content (AvgIpc) is 3.23. The van der Waals surface area contributed by atoms with Gasteiger partial charge in [0.1, 0.15) is 11.4 Å². The second-order valence-corrected chi connectivity index (χ2v) is 8.78. The fourth-order valence-electron chi connectivity index (χ4n) is 5.01. The molecule has 11 heteroatoms. The second kappa shape index (κ2) is 8.52. The second-order valence-electron chi connectivity index (χ2n) is 8.78. The molecule has 11 nitrogen and oxygen atoms in total. The molecule has 0 saturated heterocycles. The van der Waals surface area contributed by atoms with E-state index in [2.05, 4.69) is 10.2 Å². The standard InChI is InChI=1S/C27H15N5O6/c33-30(34)17-9-10-21-22(12-17)27(23-13-18(31(35)36)14-24(25(21)23)32(37)38)29-28-26-19-7-3-1-5-15(19)11-16-6-2-4-8-20(16)26/h1-10,12-14H,11H2/b29-27+. The molecule has 0 atom stereocenters. The van der Waals surface area contributed by atoms with E-state index in [1.54, 1.807) is 0 Å². The minimum absolute atomic E-state index is 0.0820. The van der Waals surface area contributed by atoms with Gasteiger partial charge in [-0.25, -0.2) is 0 Å². The van der Waals surface area contributed by atoms with Gasteiger partial charge in [0, 0.05) is 40.5 Å². The maximum Gasteiger partial charge on any atom is 0.284 e. The van der Waals surface area contributed by atoms with Crippen molar-refractivity contribution in [1.82, 2.24) is 0 Å². The lowest BCUT2D eigenvalue weighted by Crippen LogP contribution is -2.15. The number of nitrogens with zero attached hydrogens (tertiary/aromatic N) is 5. The van der Waals surface area contributed by atoms with Crippen LogP contribution in [0.25, 0.3) is 11.1 Å². The minimum Gasteiger partial charge on any atom is -0.258 e. The summed E-state index contributed by atoms with van der Waals surface area (Å²) in [5.41, 5.74) is 3.99. The molecule has 0 aromatic heterocycles. The van der Waals surface area contributed by atoms with Gasteiger partial charge in [-0.1, -0.05) is 48.5 Å². The maximum absolute atomic E-state index is 11.9. The van der Waals surface area contributed by atoms with Gasteiger partial charge in [-0.05, 0) is 29.2 Å². The van der Waals surface area contributed by atoms with Crippen LogP contribution in [0.3, 0.4) is 0 Å². The molecule has 0 heterocycles. The van der Waals surface area contributed by atoms with E-state index in [4.69, 9.17) is 0 Å². The van der Waals surface area contributed by atoms with Crippen molar-refractivity contribution < 1.29 is 14.8 Å². The molecule has 0 amide bonds. The van der Waals surface area contributed by atoms with E-state index >= 15 is 0 Å². The maximum atomic E-state index is 11.9. The van der Waals surface area contributed by atoms with E-state index in [9.17, 15) is 30.3 Å². The molecule has 2 aliphatic carbocycles. The molecule has 4 aromatic rings. The number of nitro benzene ring substituents is 3. The Morgan fingerprint density at radius 3 is 1.68 bits per heavy atom. The molecular formula is C27H15N5O6. The van der Waals surface area contributed by atoms with Gasteiger partial charge in [0.2, 0.25) is 0 Å². The van der Waals surface area contributed by atoms with Crippen LogP contribution in [0.2, 0.25) is 0 Å². The normalized spacial score (nSPS) is 13.8. The van der Waals surface area contributed by atoms with Gasteiger partial charge in [-0.3, -0.25) is 30.3 Å². The van der Waals surface area contributed by atoms with Crippen molar-refractivity contribution in [1.29, 1.82) is 0 Å². The molecule has 184 valence electrons. The van der Waals surface area contributed by atoms with E-state index in [0.29, 0.717) is 17.7 Å². The first-order valence-electron chi connectivity index (χ1n) is 11.4. The topological polar surface area (TPSA) is 154 Å². The Morgan fingerprint density at radius 2 is 1.11 bits per heavy atom. The highest BCUT2D eigenvalue weighted by atomic mass is 16.6. The molecule has 0 fully saturated rings. The smallest absolute Gasteiger partial charge is 0.258 e. The fourth-order valence-corrected chi connectivity index (χ4v) is 5.01. The minimum atomic E-state index is -0.726. The highest BCUT2D eigenvalue weighted by Gasteiger charge is 2.36. The summed E-state index contributed by atoms with van der Waals surface area (Å²) < 4.78 is 0. The van der Waals surface area contributed by atoms with Crippen molar-refractivity contribution in [2.24, 2.45) is 10.2 Å². The van der Waals surface area contributed by atoms with Gasteiger partial charge < -0.3 is 0 Å². The van der Waals surface area contributed by atoms with Crippen LogP contribution in [0.4, 0.5) is 17.1 Å². The molecule has 0 unspecified atom stereocenters. The number of nitro groups is 3. The summed E-state index contributed by atoms with van der Waals surface area (Å²) in [6.45, 7) is 0. The molecule has 0 bridgehead atoms. The first-order valence-corrected chi connectivity index (χ1v) is 11.4. The predicted molar refractivity (Wildman–Crippen MR) is 139 cm³/mol. The van der Waals surface area contributed by atoms with E-state index in [1.165, 1.54) is 24.3 Å². The molecule has 2 aliphatic rings. The number of hydrogen-bond donors (Lipinski definition) is 0. The summed E-state index contributed by atoms with van der Waals surface area (Å²) in [4.78, 5) is 33.0. The van der Waals surface area contributed by atoms with Gasteiger partial charge in [0.05, 0.1) is 26.4 Å². The number of rotatable bonds is 4. The van der Waals surface area contributed by atoms with Crippen molar-refractivity contribution in [3.05, 3.63) is 143 Å². The monoisotopic (exact) mass is 505 g/mol. The molecular weight excluding hydrogens is 490 g/mol. The van der Waals surface area contributed by atoms with Crippen LogP contribution in [-0.4, -0.2) is 26.2 Å². The molecule has 0 spiro atoms. The van der Waals surface area contributed by atoms with Crippen LogP contribution in [0.15, 0.2) is 89.1 Å². The third-order valence-electron chi connectivity index (χ3n) is 6.68. The first-order chi connectivity index (χ1) is 18.3. The van der Waals surface area contributed by atoms with E-state index < -0.39 is 26.1 Å². The number of hydrogen-bond acceptors (Lipinski definition) is 8. The van der Waals surface area contributed by atoms with Crippen molar-refractivity contribution in [3.63, 3.8) is 0 Å². The van der Waals surface area contributed by atoms with Crippen LogP contribution in [-0.2, 0) is 6.42 Å². The number of benzene rings is 4. The Kier molecular flexibility index (Phi) is 5.12. The van der Waals surface area contributed by atoms with Gasteiger partial charge >= 0.3 is 0 Å². The van der Waals surface area contributed by atoms with E-state index in [0.717, 1.165) is 28.3 Å². The van der Waals surface area contributed by atoms with Gasteiger partial charge in [-0.15, -0.1) is 10.2 Å². The quantitative estimate of drug-likeness (QED) is 0.225. The van der Waals surface area contributed by atoms with Gasteiger partial charge in [0.25, 0.3) is 17.1 Å². The van der Waals surface area contributed by atoms with Crippen molar-refractivity contribution >= 4 is 28.5 Å². The van der Waals surface area contributed by atoms with Gasteiger partial charge in [0.15, 0.2) is 0 Å². The van der Waals surface area contributed by atoms with Crippen LogP contribution in [0.5, 0.6) is 0 Å². The molecule has 6 rings (SSSR count). The van der Waals surface area contributed by atoms with Crippen LogP contribution in [0, 0.1) is 30.3 Å². The Balaban J connectivity index is 1.65. The summed E-state index contributed by atoms with van der Waals surface area (Å²) >= 11 is 0. The fraction of sp³-hybridized carbons (Fsp3) is 0.0370. The highest BCUT2D eigenvalue weighted by Crippen LogP contribution is 2.46. The zero-order valence-corrected chi connectivity index (χ0v) is 19.4. The van der Waals surface area contributed by atoms with E-state index in [-0.39, 0.29) is 28.1 Å². The lowest BCUT2D eigenvalue weighted by molar-refractivity contribution is -0.393. The summed E-state index contributed by atoms with van der Waals surface area (Å²) in [6.07, 6.45) is 0.707. The zero-order chi connectivity index (χ0) is 26.6. The van der Waals surface area contributed by atoms with Gasteiger partial charge in [-0.2, -0.15) is 0 Å². The van der Waals surface area contributed by atoms with Crippen LogP contribution < -0.4 is 0 Å². The predicted octanol–water partition coefficient (Wildman–Crippen LogP) is 5.59. The Bertz CT molecular complexity index is 1750. The summed E-state index contributed by atoms with van der Waals surface area (Å²) in [5.74, 6) is 0. The third kappa shape index (κ3) is 3.53. The van der Waals surface area contributed by atoms with Crippen molar-refractivity contribution in [2.45, 2.75) is 6.42 Å². The third-order valence-corrected chi connectivity index (χ3v) is 6.68. The highest BCUT2D eigenvalue weighted by molar-refractivity contribution is 6.26. The SMILES string of the molecule is O=[N+]([O-])c1ccc2c(c1)/C(=N\N=C1c3ccccc3Cc3ccccc31)c1cc([N+](=O)[O-])cc([N+](=O)[O-])c1-2.